The van der Waals surface area contributed by atoms with Crippen LogP contribution in [0.5, 0.6) is 0 Å². The SMILES string of the molecule is Cc1ccc(NC(=O)CN2CCc3ccccc3C2C)c(C)c1. The van der Waals surface area contributed by atoms with Crippen molar-refractivity contribution in [2.45, 2.75) is 33.2 Å². The number of fused-ring (bicyclic) bond motifs is 1. The first kappa shape index (κ1) is 15.8. The Morgan fingerprint density at radius 1 is 1.22 bits per heavy atom. The molecule has 0 aliphatic carbocycles. The van der Waals surface area contributed by atoms with Gasteiger partial charge >= 0.3 is 0 Å². The maximum absolute atomic E-state index is 12.4. The fourth-order valence-electron chi connectivity index (χ4n) is 3.37. The number of benzene rings is 2. The molecule has 23 heavy (non-hydrogen) atoms. The van der Waals surface area contributed by atoms with Gasteiger partial charge in [0, 0.05) is 18.3 Å². The number of nitrogens with one attached hydrogen (secondary N) is 1. The number of rotatable bonds is 3. The van der Waals surface area contributed by atoms with Gasteiger partial charge in [-0.25, -0.2) is 0 Å². The van der Waals surface area contributed by atoms with Gasteiger partial charge in [-0.2, -0.15) is 0 Å². The van der Waals surface area contributed by atoms with Crippen LogP contribution in [0, 0.1) is 13.8 Å². The molecule has 1 aliphatic heterocycles. The largest absolute Gasteiger partial charge is 0.325 e. The number of amides is 1. The number of carbonyl (C=O) groups excluding carboxylic acids is 1. The van der Waals surface area contributed by atoms with Gasteiger partial charge in [0.25, 0.3) is 0 Å². The van der Waals surface area contributed by atoms with Crippen molar-refractivity contribution in [3.63, 3.8) is 0 Å². The molecule has 120 valence electrons. The van der Waals surface area contributed by atoms with Crippen molar-refractivity contribution in [3.8, 4) is 0 Å². The lowest BCUT2D eigenvalue weighted by molar-refractivity contribution is -0.117. The standard InChI is InChI=1S/C20H24N2O/c1-14-8-9-19(15(2)12-14)21-20(23)13-22-11-10-17-6-4-5-7-18(17)16(22)3/h4-9,12,16H,10-11,13H2,1-3H3,(H,21,23). The van der Waals surface area contributed by atoms with Gasteiger partial charge in [-0.15, -0.1) is 0 Å². The Morgan fingerprint density at radius 3 is 2.78 bits per heavy atom. The summed E-state index contributed by atoms with van der Waals surface area (Å²) in [6, 6.07) is 14.9. The highest BCUT2D eigenvalue weighted by molar-refractivity contribution is 5.93. The third-order valence-electron chi connectivity index (χ3n) is 4.72. The van der Waals surface area contributed by atoms with Crippen LogP contribution in [-0.2, 0) is 11.2 Å². The normalized spacial score (nSPS) is 17.6. The average Bonchev–Trinajstić information content (AvgIpc) is 2.53. The molecule has 1 amide bonds. The minimum absolute atomic E-state index is 0.0585. The Kier molecular flexibility index (Phi) is 4.49. The molecule has 1 atom stereocenters. The molecule has 0 bridgehead atoms. The first-order valence-corrected chi connectivity index (χ1v) is 8.23. The van der Waals surface area contributed by atoms with Gasteiger partial charge in [-0.3, -0.25) is 9.69 Å². The number of hydrogen-bond donors (Lipinski definition) is 1. The Labute approximate surface area is 138 Å². The summed E-state index contributed by atoms with van der Waals surface area (Å²) in [7, 11) is 0. The predicted octanol–water partition coefficient (Wildman–Crippen LogP) is 3.86. The molecule has 1 aliphatic rings. The zero-order valence-corrected chi connectivity index (χ0v) is 14.1. The second-order valence-corrected chi connectivity index (χ2v) is 6.46. The van der Waals surface area contributed by atoms with Crippen LogP contribution in [0.3, 0.4) is 0 Å². The van der Waals surface area contributed by atoms with E-state index in [4.69, 9.17) is 0 Å². The third-order valence-corrected chi connectivity index (χ3v) is 4.72. The summed E-state index contributed by atoms with van der Waals surface area (Å²) in [6.07, 6.45) is 1.01. The Balaban J connectivity index is 1.67. The summed E-state index contributed by atoms with van der Waals surface area (Å²) in [5.41, 5.74) is 5.98. The summed E-state index contributed by atoms with van der Waals surface area (Å²) in [5, 5.41) is 3.05. The maximum Gasteiger partial charge on any atom is 0.238 e. The van der Waals surface area contributed by atoms with E-state index in [9.17, 15) is 4.79 Å². The van der Waals surface area contributed by atoms with E-state index >= 15 is 0 Å². The minimum atomic E-state index is 0.0585. The van der Waals surface area contributed by atoms with E-state index in [1.165, 1.54) is 16.7 Å². The van der Waals surface area contributed by atoms with Crippen molar-refractivity contribution in [1.82, 2.24) is 4.90 Å². The number of nitrogens with zero attached hydrogens (tertiary/aromatic N) is 1. The molecule has 0 spiro atoms. The highest BCUT2D eigenvalue weighted by atomic mass is 16.2. The van der Waals surface area contributed by atoms with Crippen LogP contribution < -0.4 is 5.32 Å². The summed E-state index contributed by atoms with van der Waals surface area (Å²) in [5.74, 6) is 0.0585. The van der Waals surface area contributed by atoms with Gasteiger partial charge in [0.1, 0.15) is 0 Å². The summed E-state index contributed by atoms with van der Waals surface area (Å²) in [4.78, 5) is 14.7. The number of aryl methyl sites for hydroxylation is 2. The van der Waals surface area contributed by atoms with E-state index in [1.807, 2.05) is 19.1 Å². The van der Waals surface area contributed by atoms with Crippen molar-refractivity contribution >= 4 is 11.6 Å². The van der Waals surface area contributed by atoms with Crippen LogP contribution in [0.25, 0.3) is 0 Å². The van der Waals surface area contributed by atoms with Crippen LogP contribution in [-0.4, -0.2) is 23.9 Å². The van der Waals surface area contributed by atoms with Crippen LogP contribution in [0.15, 0.2) is 42.5 Å². The highest BCUT2D eigenvalue weighted by Gasteiger charge is 2.25. The van der Waals surface area contributed by atoms with Crippen molar-refractivity contribution < 1.29 is 4.79 Å². The lowest BCUT2D eigenvalue weighted by Crippen LogP contribution is -2.39. The van der Waals surface area contributed by atoms with Crippen LogP contribution >= 0.6 is 0 Å². The topological polar surface area (TPSA) is 32.3 Å². The molecular formula is C20H24N2O. The summed E-state index contributed by atoms with van der Waals surface area (Å²) in [6.45, 7) is 7.64. The van der Waals surface area contributed by atoms with Gasteiger partial charge in [-0.05, 0) is 49.9 Å². The molecule has 0 radical (unpaired) electrons. The molecule has 1 heterocycles. The summed E-state index contributed by atoms with van der Waals surface area (Å²) >= 11 is 0. The first-order valence-electron chi connectivity index (χ1n) is 8.23. The Hall–Kier alpha value is -2.13. The van der Waals surface area contributed by atoms with Crippen LogP contribution in [0.4, 0.5) is 5.69 Å². The van der Waals surface area contributed by atoms with Gasteiger partial charge in [0.15, 0.2) is 0 Å². The fourth-order valence-corrected chi connectivity index (χ4v) is 3.37. The molecule has 0 saturated heterocycles. The zero-order valence-electron chi connectivity index (χ0n) is 14.1. The second-order valence-electron chi connectivity index (χ2n) is 6.46. The van der Waals surface area contributed by atoms with Crippen LogP contribution in [0.2, 0.25) is 0 Å². The minimum Gasteiger partial charge on any atom is -0.325 e. The second kappa shape index (κ2) is 6.55. The van der Waals surface area contributed by atoms with Crippen molar-refractivity contribution in [2.24, 2.45) is 0 Å². The Morgan fingerprint density at radius 2 is 2.00 bits per heavy atom. The molecule has 0 saturated carbocycles. The highest BCUT2D eigenvalue weighted by Crippen LogP contribution is 2.28. The summed E-state index contributed by atoms with van der Waals surface area (Å²) < 4.78 is 0. The maximum atomic E-state index is 12.4. The van der Waals surface area contributed by atoms with E-state index in [0.29, 0.717) is 6.54 Å². The Bertz CT molecular complexity index is 723. The molecule has 3 nitrogen and oxygen atoms in total. The smallest absolute Gasteiger partial charge is 0.238 e. The van der Waals surface area contributed by atoms with Crippen molar-refractivity contribution in [2.75, 3.05) is 18.4 Å². The fraction of sp³-hybridized carbons (Fsp3) is 0.350. The zero-order chi connectivity index (χ0) is 16.4. The number of hydrogen-bond acceptors (Lipinski definition) is 2. The van der Waals surface area contributed by atoms with E-state index in [2.05, 4.69) is 54.4 Å². The van der Waals surface area contributed by atoms with Crippen LogP contribution in [0.1, 0.15) is 35.2 Å². The van der Waals surface area contributed by atoms with E-state index in [0.717, 1.165) is 24.2 Å². The monoisotopic (exact) mass is 308 g/mol. The lowest BCUT2D eigenvalue weighted by Gasteiger charge is -2.34. The van der Waals surface area contributed by atoms with Gasteiger partial charge in [0.2, 0.25) is 5.91 Å². The molecule has 1 N–H and O–H groups in total. The predicted molar refractivity (Wildman–Crippen MR) is 94.7 cm³/mol. The first-order chi connectivity index (χ1) is 11.0. The third kappa shape index (κ3) is 3.45. The number of carbonyl (C=O) groups is 1. The molecule has 2 aromatic carbocycles. The van der Waals surface area contributed by atoms with Gasteiger partial charge < -0.3 is 5.32 Å². The molecule has 3 rings (SSSR count). The average molecular weight is 308 g/mol. The molecular weight excluding hydrogens is 284 g/mol. The van der Waals surface area contributed by atoms with Crippen molar-refractivity contribution in [3.05, 3.63) is 64.7 Å². The molecule has 3 heteroatoms. The molecule has 0 aromatic heterocycles. The van der Waals surface area contributed by atoms with Gasteiger partial charge in [-0.1, -0.05) is 42.0 Å². The molecule has 1 unspecified atom stereocenters. The van der Waals surface area contributed by atoms with E-state index in [1.54, 1.807) is 0 Å². The van der Waals surface area contributed by atoms with E-state index < -0.39 is 0 Å². The lowest BCUT2D eigenvalue weighted by atomic mass is 9.94. The quantitative estimate of drug-likeness (QED) is 0.934. The van der Waals surface area contributed by atoms with Gasteiger partial charge in [0.05, 0.1) is 6.54 Å². The van der Waals surface area contributed by atoms with Crippen molar-refractivity contribution in [1.29, 1.82) is 0 Å². The molecule has 2 aromatic rings. The van der Waals surface area contributed by atoms with E-state index in [-0.39, 0.29) is 11.9 Å². The number of anilines is 1. The molecule has 0 fully saturated rings.